The van der Waals surface area contributed by atoms with Crippen LogP contribution in [0.1, 0.15) is 52.4 Å². The van der Waals surface area contributed by atoms with Crippen molar-refractivity contribution in [3.8, 4) is 0 Å². The third-order valence-electron chi connectivity index (χ3n) is 7.19. The van der Waals surface area contributed by atoms with E-state index >= 15 is 0 Å². The second-order valence-corrected chi connectivity index (χ2v) is 8.34. The van der Waals surface area contributed by atoms with Crippen LogP contribution in [-0.2, 0) is 19.2 Å². The number of hydrogen-bond donors (Lipinski definition) is 0. The van der Waals surface area contributed by atoms with Gasteiger partial charge in [0, 0.05) is 48.3 Å². The van der Waals surface area contributed by atoms with Crippen molar-refractivity contribution >= 4 is 23.1 Å². The van der Waals surface area contributed by atoms with E-state index in [1.165, 1.54) is 0 Å². The molecule has 5 atom stereocenters. The number of allylic oxidation sites excluding steroid dienone is 2. The molecule has 23 heavy (non-hydrogen) atoms. The minimum Gasteiger partial charge on any atom is -0.299 e. The highest BCUT2D eigenvalue weighted by Crippen LogP contribution is 2.61. The molecule has 4 aliphatic rings. The Balaban J connectivity index is 1.84. The molecule has 122 valence electrons. The van der Waals surface area contributed by atoms with Crippen molar-refractivity contribution in [2.75, 3.05) is 0 Å². The molecule has 4 aliphatic carbocycles. The van der Waals surface area contributed by atoms with E-state index in [0.717, 1.165) is 5.57 Å². The van der Waals surface area contributed by atoms with Crippen molar-refractivity contribution in [3.05, 3.63) is 11.6 Å². The summed E-state index contributed by atoms with van der Waals surface area (Å²) in [7, 11) is 0. The summed E-state index contributed by atoms with van der Waals surface area (Å²) < 4.78 is 0. The van der Waals surface area contributed by atoms with Gasteiger partial charge in [-0.2, -0.15) is 0 Å². The Hall–Kier alpha value is -1.58. The monoisotopic (exact) mass is 314 g/mol. The zero-order valence-corrected chi connectivity index (χ0v) is 13.7. The van der Waals surface area contributed by atoms with E-state index in [-0.39, 0.29) is 52.7 Å². The number of carbonyl (C=O) groups is 4. The molecule has 3 saturated carbocycles. The van der Waals surface area contributed by atoms with Crippen LogP contribution in [0.25, 0.3) is 0 Å². The lowest BCUT2D eigenvalue weighted by atomic mass is 9.47. The average molecular weight is 314 g/mol. The maximum atomic E-state index is 13.0. The topological polar surface area (TPSA) is 68.3 Å². The lowest BCUT2D eigenvalue weighted by Gasteiger charge is -2.53. The van der Waals surface area contributed by atoms with Crippen molar-refractivity contribution in [2.24, 2.45) is 28.6 Å². The van der Waals surface area contributed by atoms with Gasteiger partial charge in [0.1, 0.15) is 17.3 Å². The van der Waals surface area contributed by atoms with Crippen molar-refractivity contribution in [1.82, 2.24) is 0 Å². The number of ketones is 4. The highest BCUT2D eigenvalue weighted by molar-refractivity contribution is 6.05. The zero-order chi connectivity index (χ0) is 16.6. The molecule has 0 aromatic rings. The minimum absolute atomic E-state index is 0.0162. The maximum absolute atomic E-state index is 13.0. The first-order valence-electron chi connectivity index (χ1n) is 8.60. The van der Waals surface area contributed by atoms with Crippen LogP contribution in [0.15, 0.2) is 11.6 Å². The van der Waals surface area contributed by atoms with Crippen LogP contribution in [0.2, 0.25) is 0 Å². The van der Waals surface area contributed by atoms with E-state index in [2.05, 4.69) is 0 Å². The SMILES string of the molecule is CC12CC(=O)C3C(C(=O)C=C4CC(=O)CCC43C)C1CCC2=O. The van der Waals surface area contributed by atoms with Crippen LogP contribution in [0, 0.1) is 28.6 Å². The molecule has 0 N–H and O–H groups in total. The number of carbonyl (C=O) groups excluding carboxylic acids is 4. The number of hydrogen-bond acceptors (Lipinski definition) is 4. The van der Waals surface area contributed by atoms with Crippen LogP contribution < -0.4 is 0 Å². The molecule has 0 aromatic heterocycles. The van der Waals surface area contributed by atoms with E-state index in [0.29, 0.717) is 32.1 Å². The van der Waals surface area contributed by atoms with Gasteiger partial charge in [-0.25, -0.2) is 0 Å². The molecule has 3 fully saturated rings. The number of Topliss-reactive ketones (excluding diaryl/α,β-unsaturated/α-hetero) is 3. The fourth-order valence-corrected chi connectivity index (χ4v) is 5.82. The quantitative estimate of drug-likeness (QED) is 0.689. The normalized spacial score (nSPS) is 46.2. The molecule has 0 saturated heterocycles. The highest BCUT2D eigenvalue weighted by Gasteiger charge is 2.64. The summed E-state index contributed by atoms with van der Waals surface area (Å²) in [6.45, 7) is 3.92. The van der Waals surface area contributed by atoms with Crippen LogP contribution >= 0.6 is 0 Å². The van der Waals surface area contributed by atoms with Gasteiger partial charge in [0.15, 0.2) is 5.78 Å². The Morgan fingerprint density at radius 1 is 1.04 bits per heavy atom. The van der Waals surface area contributed by atoms with Gasteiger partial charge in [-0.15, -0.1) is 0 Å². The third-order valence-corrected chi connectivity index (χ3v) is 7.19. The molecule has 4 heteroatoms. The second-order valence-electron chi connectivity index (χ2n) is 8.34. The molecule has 0 radical (unpaired) electrons. The lowest BCUT2D eigenvalue weighted by molar-refractivity contribution is -0.154. The largest absolute Gasteiger partial charge is 0.299 e. The Morgan fingerprint density at radius 3 is 2.52 bits per heavy atom. The molecule has 0 bridgehead atoms. The fraction of sp³-hybridized carbons (Fsp3) is 0.684. The summed E-state index contributed by atoms with van der Waals surface area (Å²) in [4.78, 5) is 50.0. The summed E-state index contributed by atoms with van der Waals surface area (Å²) in [5, 5.41) is 0. The lowest BCUT2D eigenvalue weighted by Crippen LogP contribution is -2.57. The van der Waals surface area contributed by atoms with Gasteiger partial charge in [0.2, 0.25) is 0 Å². The first-order chi connectivity index (χ1) is 10.8. The molecule has 0 aromatic carbocycles. The van der Waals surface area contributed by atoms with Crippen molar-refractivity contribution in [2.45, 2.75) is 52.4 Å². The molecule has 0 spiro atoms. The van der Waals surface area contributed by atoms with Gasteiger partial charge in [0.05, 0.1) is 0 Å². The Kier molecular flexibility index (Phi) is 2.92. The molecule has 0 heterocycles. The van der Waals surface area contributed by atoms with Crippen molar-refractivity contribution < 1.29 is 19.2 Å². The first kappa shape index (κ1) is 15.0. The highest BCUT2D eigenvalue weighted by atomic mass is 16.1. The third kappa shape index (κ3) is 1.78. The number of fused-ring (bicyclic) bond motifs is 5. The van der Waals surface area contributed by atoms with Gasteiger partial charge < -0.3 is 0 Å². The summed E-state index contributed by atoms with van der Waals surface area (Å²) in [6.07, 6.45) is 4.54. The van der Waals surface area contributed by atoms with E-state index < -0.39 is 5.41 Å². The second kappa shape index (κ2) is 4.49. The maximum Gasteiger partial charge on any atom is 0.159 e. The van der Waals surface area contributed by atoms with Crippen LogP contribution in [0.5, 0.6) is 0 Å². The summed E-state index contributed by atoms with van der Waals surface area (Å²) >= 11 is 0. The standard InChI is InChI=1S/C19H22O4/c1-18-6-5-11(20)7-10(18)8-13(21)16-12-3-4-15(23)19(12,2)9-14(22)17(16)18/h8,12,16-17H,3-7,9H2,1-2H3. The molecule has 4 nitrogen and oxygen atoms in total. The van der Waals surface area contributed by atoms with Crippen molar-refractivity contribution in [1.29, 1.82) is 0 Å². The van der Waals surface area contributed by atoms with Gasteiger partial charge in [0.25, 0.3) is 0 Å². The molecular weight excluding hydrogens is 292 g/mol. The number of rotatable bonds is 0. The van der Waals surface area contributed by atoms with Gasteiger partial charge in [-0.1, -0.05) is 19.4 Å². The van der Waals surface area contributed by atoms with Crippen molar-refractivity contribution in [3.63, 3.8) is 0 Å². The summed E-state index contributed by atoms with van der Waals surface area (Å²) in [5.74, 6) is -0.403. The Labute approximate surface area is 135 Å². The minimum atomic E-state index is -0.653. The Morgan fingerprint density at radius 2 is 1.78 bits per heavy atom. The predicted octanol–water partition coefficient (Wildman–Crippen LogP) is 2.45. The van der Waals surface area contributed by atoms with E-state index in [4.69, 9.17) is 0 Å². The molecule has 4 rings (SSSR count). The van der Waals surface area contributed by atoms with Gasteiger partial charge >= 0.3 is 0 Å². The van der Waals surface area contributed by atoms with Crippen LogP contribution in [0.3, 0.4) is 0 Å². The Bertz CT molecular complexity index is 687. The van der Waals surface area contributed by atoms with E-state index in [1.807, 2.05) is 13.8 Å². The van der Waals surface area contributed by atoms with Gasteiger partial charge in [-0.3, -0.25) is 19.2 Å². The first-order valence-corrected chi connectivity index (χ1v) is 8.60. The van der Waals surface area contributed by atoms with Gasteiger partial charge in [-0.05, 0) is 24.8 Å². The van der Waals surface area contributed by atoms with E-state index in [9.17, 15) is 19.2 Å². The fourth-order valence-electron chi connectivity index (χ4n) is 5.82. The summed E-state index contributed by atoms with van der Waals surface area (Å²) in [5.41, 5.74) is -0.183. The molecular formula is C19H22O4. The van der Waals surface area contributed by atoms with E-state index in [1.54, 1.807) is 6.08 Å². The zero-order valence-electron chi connectivity index (χ0n) is 13.7. The summed E-state index contributed by atoms with van der Waals surface area (Å²) in [6, 6.07) is 0. The van der Waals surface area contributed by atoms with Crippen LogP contribution in [-0.4, -0.2) is 23.1 Å². The molecule has 5 unspecified atom stereocenters. The van der Waals surface area contributed by atoms with Crippen LogP contribution in [0.4, 0.5) is 0 Å². The smallest absolute Gasteiger partial charge is 0.159 e. The molecule has 0 aliphatic heterocycles. The molecule has 0 amide bonds. The predicted molar refractivity (Wildman–Crippen MR) is 82.5 cm³/mol. The average Bonchev–Trinajstić information content (AvgIpc) is 2.76.